The van der Waals surface area contributed by atoms with E-state index in [1.165, 1.54) is 4.68 Å². The van der Waals surface area contributed by atoms with E-state index in [1.54, 1.807) is 26.2 Å². The zero-order valence-corrected chi connectivity index (χ0v) is 11.6. The molecule has 6 heteroatoms. The SMILES string of the molecule is Cc1nn(C)c(/C=C/N(C)c2ccccc2)c1[N+](=O)[O-]. The highest BCUT2D eigenvalue weighted by molar-refractivity contribution is 5.62. The Kier molecular flexibility index (Phi) is 3.84. The number of hydrogen-bond donors (Lipinski definition) is 0. The highest BCUT2D eigenvalue weighted by Crippen LogP contribution is 2.24. The minimum Gasteiger partial charge on any atom is -0.351 e. The van der Waals surface area contributed by atoms with Crippen molar-refractivity contribution in [2.75, 3.05) is 11.9 Å². The third-order valence-corrected chi connectivity index (χ3v) is 3.04. The van der Waals surface area contributed by atoms with Gasteiger partial charge in [-0.1, -0.05) is 18.2 Å². The maximum atomic E-state index is 11.1. The lowest BCUT2D eigenvalue weighted by Gasteiger charge is -2.13. The van der Waals surface area contributed by atoms with Gasteiger partial charge in [-0.15, -0.1) is 0 Å². The van der Waals surface area contributed by atoms with Crippen LogP contribution in [0.2, 0.25) is 0 Å². The van der Waals surface area contributed by atoms with Crippen molar-refractivity contribution in [2.24, 2.45) is 7.05 Å². The number of nitro groups is 1. The molecular weight excluding hydrogens is 256 g/mol. The van der Waals surface area contributed by atoms with Crippen LogP contribution in [0.1, 0.15) is 11.4 Å². The average Bonchev–Trinajstić information content (AvgIpc) is 2.71. The third-order valence-electron chi connectivity index (χ3n) is 3.04. The third kappa shape index (κ3) is 2.69. The van der Waals surface area contributed by atoms with Crippen LogP contribution in [-0.4, -0.2) is 21.8 Å². The molecule has 1 aromatic heterocycles. The molecule has 0 aliphatic heterocycles. The first-order chi connectivity index (χ1) is 9.50. The smallest absolute Gasteiger partial charge is 0.317 e. The van der Waals surface area contributed by atoms with Crippen LogP contribution in [-0.2, 0) is 7.05 Å². The summed E-state index contributed by atoms with van der Waals surface area (Å²) >= 11 is 0. The highest BCUT2D eigenvalue weighted by atomic mass is 16.6. The Balaban J connectivity index is 2.30. The second-order valence-corrected chi connectivity index (χ2v) is 4.46. The summed E-state index contributed by atoms with van der Waals surface area (Å²) in [5.41, 5.74) is 1.95. The number of aryl methyl sites for hydroxylation is 2. The molecule has 0 atom stereocenters. The number of nitrogens with zero attached hydrogens (tertiary/aromatic N) is 4. The van der Waals surface area contributed by atoms with Crippen LogP contribution in [0.5, 0.6) is 0 Å². The van der Waals surface area contributed by atoms with E-state index in [4.69, 9.17) is 0 Å². The number of para-hydroxylation sites is 1. The summed E-state index contributed by atoms with van der Waals surface area (Å²) in [5, 5.41) is 15.2. The number of aromatic nitrogens is 2. The Morgan fingerprint density at radius 2 is 2.00 bits per heavy atom. The van der Waals surface area contributed by atoms with Gasteiger partial charge in [0.05, 0.1) is 4.92 Å². The van der Waals surface area contributed by atoms with E-state index in [1.807, 2.05) is 42.3 Å². The molecule has 0 aliphatic carbocycles. The summed E-state index contributed by atoms with van der Waals surface area (Å²) in [5.74, 6) is 0. The summed E-state index contributed by atoms with van der Waals surface area (Å²) in [6, 6.07) is 9.75. The van der Waals surface area contributed by atoms with Crippen molar-refractivity contribution >= 4 is 17.5 Å². The van der Waals surface area contributed by atoms with Crippen LogP contribution in [0.15, 0.2) is 36.5 Å². The molecule has 0 fully saturated rings. The predicted molar refractivity (Wildman–Crippen MR) is 78.5 cm³/mol. The van der Waals surface area contributed by atoms with Crippen LogP contribution in [0.25, 0.3) is 6.08 Å². The molecule has 2 rings (SSSR count). The molecular formula is C14H16N4O2. The van der Waals surface area contributed by atoms with Gasteiger partial charge >= 0.3 is 5.69 Å². The monoisotopic (exact) mass is 272 g/mol. The Labute approximate surface area is 117 Å². The lowest BCUT2D eigenvalue weighted by atomic mass is 10.3. The van der Waals surface area contributed by atoms with Crippen LogP contribution < -0.4 is 4.90 Å². The van der Waals surface area contributed by atoms with E-state index >= 15 is 0 Å². The van der Waals surface area contributed by atoms with Crippen LogP contribution >= 0.6 is 0 Å². The molecule has 0 saturated carbocycles. The normalized spacial score (nSPS) is 10.9. The minimum atomic E-state index is -0.398. The second-order valence-electron chi connectivity index (χ2n) is 4.46. The van der Waals surface area contributed by atoms with Crippen LogP contribution in [0, 0.1) is 17.0 Å². The van der Waals surface area contributed by atoms with Crippen LogP contribution in [0.3, 0.4) is 0 Å². The van der Waals surface area contributed by atoms with Crippen molar-refractivity contribution < 1.29 is 4.92 Å². The fourth-order valence-corrected chi connectivity index (χ4v) is 2.01. The quantitative estimate of drug-likeness (QED) is 0.634. The summed E-state index contributed by atoms with van der Waals surface area (Å²) < 4.78 is 1.52. The van der Waals surface area contributed by atoms with Crippen molar-refractivity contribution in [3.05, 3.63) is 58.0 Å². The van der Waals surface area contributed by atoms with Crippen molar-refractivity contribution in [3.8, 4) is 0 Å². The van der Waals surface area contributed by atoms with E-state index in [2.05, 4.69) is 5.10 Å². The first-order valence-electron chi connectivity index (χ1n) is 6.14. The number of hydrogen-bond acceptors (Lipinski definition) is 4. The van der Waals surface area contributed by atoms with Gasteiger partial charge in [-0.3, -0.25) is 14.8 Å². The zero-order chi connectivity index (χ0) is 14.7. The van der Waals surface area contributed by atoms with E-state index < -0.39 is 4.92 Å². The lowest BCUT2D eigenvalue weighted by molar-refractivity contribution is -0.385. The molecule has 1 heterocycles. The molecule has 0 N–H and O–H groups in total. The van der Waals surface area contributed by atoms with E-state index in [0.717, 1.165) is 5.69 Å². The number of benzene rings is 1. The number of anilines is 1. The largest absolute Gasteiger partial charge is 0.351 e. The van der Waals surface area contributed by atoms with Crippen molar-refractivity contribution in [1.82, 2.24) is 9.78 Å². The van der Waals surface area contributed by atoms with Gasteiger partial charge in [0.2, 0.25) is 0 Å². The van der Waals surface area contributed by atoms with Gasteiger partial charge in [-0.2, -0.15) is 5.10 Å². The van der Waals surface area contributed by atoms with Crippen molar-refractivity contribution in [1.29, 1.82) is 0 Å². The summed E-state index contributed by atoms with van der Waals surface area (Å²) in [4.78, 5) is 12.6. The summed E-state index contributed by atoms with van der Waals surface area (Å²) in [6.45, 7) is 1.64. The minimum absolute atomic E-state index is 0.0465. The molecule has 0 unspecified atom stereocenters. The van der Waals surface area contributed by atoms with Crippen molar-refractivity contribution in [2.45, 2.75) is 6.92 Å². The van der Waals surface area contributed by atoms with Gasteiger partial charge in [0, 0.05) is 26.0 Å². The second kappa shape index (κ2) is 5.56. The molecule has 6 nitrogen and oxygen atoms in total. The molecule has 1 aromatic carbocycles. The lowest BCUT2D eigenvalue weighted by Crippen LogP contribution is -2.07. The zero-order valence-electron chi connectivity index (χ0n) is 11.6. The Bertz CT molecular complexity index is 647. The van der Waals surface area contributed by atoms with E-state index in [0.29, 0.717) is 11.4 Å². The average molecular weight is 272 g/mol. The molecule has 0 amide bonds. The fraction of sp³-hybridized carbons (Fsp3) is 0.214. The summed E-state index contributed by atoms with van der Waals surface area (Å²) in [6.07, 6.45) is 3.49. The Hall–Kier alpha value is -2.63. The van der Waals surface area contributed by atoms with Gasteiger partial charge in [0.1, 0.15) is 11.4 Å². The first-order valence-corrected chi connectivity index (χ1v) is 6.14. The molecule has 20 heavy (non-hydrogen) atoms. The first kappa shape index (κ1) is 13.8. The van der Waals surface area contributed by atoms with Gasteiger partial charge in [-0.05, 0) is 25.1 Å². The van der Waals surface area contributed by atoms with Crippen LogP contribution in [0.4, 0.5) is 11.4 Å². The molecule has 104 valence electrons. The fourth-order valence-electron chi connectivity index (χ4n) is 2.01. The van der Waals surface area contributed by atoms with E-state index in [-0.39, 0.29) is 5.69 Å². The molecule has 0 spiro atoms. The molecule has 0 radical (unpaired) electrons. The molecule has 0 saturated heterocycles. The standard InChI is InChI=1S/C14H16N4O2/c1-11-14(18(19)20)13(17(3)15-11)9-10-16(2)12-7-5-4-6-8-12/h4-10H,1-3H3/b10-9+. The molecule has 0 aliphatic rings. The molecule has 2 aromatic rings. The van der Waals surface area contributed by atoms with Gasteiger partial charge in [0.25, 0.3) is 0 Å². The topological polar surface area (TPSA) is 64.2 Å². The summed E-state index contributed by atoms with van der Waals surface area (Å²) in [7, 11) is 3.59. The van der Waals surface area contributed by atoms with Gasteiger partial charge < -0.3 is 4.90 Å². The number of rotatable bonds is 4. The van der Waals surface area contributed by atoms with Gasteiger partial charge in [-0.25, -0.2) is 0 Å². The molecule has 0 bridgehead atoms. The maximum absolute atomic E-state index is 11.1. The maximum Gasteiger partial charge on any atom is 0.317 e. The highest BCUT2D eigenvalue weighted by Gasteiger charge is 2.21. The Morgan fingerprint density at radius 3 is 2.60 bits per heavy atom. The van der Waals surface area contributed by atoms with Crippen molar-refractivity contribution in [3.63, 3.8) is 0 Å². The Morgan fingerprint density at radius 1 is 1.35 bits per heavy atom. The predicted octanol–water partition coefficient (Wildman–Crippen LogP) is 2.74. The van der Waals surface area contributed by atoms with Gasteiger partial charge in [0.15, 0.2) is 0 Å². The van der Waals surface area contributed by atoms with E-state index in [9.17, 15) is 10.1 Å².